The molecule has 1 N–H and O–H groups in total. The van der Waals surface area contributed by atoms with E-state index in [1.54, 1.807) is 11.3 Å². The van der Waals surface area contributed by atoms with Gasteiger partial charge in [-0.15, -0.1) is 11.3 Å². The molecule has 0 bridgehead atoms. The summed E-state index contributed by atoms with van der Waals surface area (Å²) in [5, 5.41) is 10.6. The lowest BCUT2D eigenvalue weighted by atomic mass is 10.2. The number of ether oxygens (including phenoxy) is 1. The predicted octanol–water partition coefficient (Wildman–Crippen LogP) is 3.31. The van der Waals surface area contributed by atoms with E-state index in [0.29, 0.717) is 12.4 Å². The second-order valence-electron chi connectivity index (χ2n) is 3.07. The van der Waals surface area contributed by atoms with Crippen molar-refractivity contribution in [1.82, 2.24) is 0 Å². The Balaban J connectivity index is 2.68. The molecule has 0 fully saturated rings. The maximum Gasteiger partial charge on any atom is 0.137 e. The van der Waals surface area contributed by atoms with Crippen LogP contribution >= 0.6 is 11.3 Å². The van der Waals surface area contributed by atoms with Gasteiger partial charge < -0.3 is 9.84 Å². The van der Waals surface area contributed by atoms with E-state index in [-0.39, 0.29) is 0 Å². The lowest BCUT2D eigenvalue weighted by Crippen LogP contribution is -1.90. The molecule has 0 aliphatic rings. The van der Waals surface area contributed by atoms with Gasteiger partial charge in [-0.2, -0.15) is 0 Å². The van der Waals surface area contributed by atoms with Crippen LogP contribution in [0.2, 0.25) is 0 Å². The Morgan fingerprint density at radius 2 is 2.21 bits per heavy atom. The van der Waals surface area contributed by atoms with Crippen molar-refractivity contribution in [2.45, 2.75) is 13.8 Å². The first-order chi connectivity index (χ1) is 6.74. The Bertz CT molecular complexity index is 460. The normalized spacial score (nSPS) is 10.7. The Kier molecular flexibility index (Phi) is 2.33. The minimum Gasteiger partial charge on any atom is -0.506 e. The van der Waals surface area contributed by atoms with Gasteiger partial charge in [0.2, 0.25) is 0 Å². The highest BCUT2D eigenvalue weighted by atomic mass is 32.1. The van der Waals surface area contributed by atoms with Crippen LogP contribution in [0.1, 0.15) is 11.8 Å². The summed E-state index contributed by atoms with van der Waals surface area (Å²) in [6.07, 6.45) is 0. The fraction of sp³-hybridized carbons (Fsp3) is 0.273. The number of hydrogen-bond donors (Lipinski definition) is 1. The van der Waals surface area contributed by atoms with E-state index in [2.05, 4.69) is 0 Å². The van der Waals surface area contributed by atoms with Gasteiger partial charge >= 0.3 is 0 Å². The number of benzene rings is 1. The zero-order valence-corrected chi connectivity index (χ0v) is 9.02. The van der Waals surface area contributed by atoms with Crippen LogP contribution < -0.4 is 4.74 Å². The Labute approximate surface area is 86.8 Å². The first kappa shape index (κ1) is 9.34. The number of hydrogen-bond acceptors (Lipinski definition) is 3. The minimum absolute atomic E-state index is 0.381. The van der Waals surface area contributed by atoms with E-state index in [0.717, 1.165) is 20.7 Å². The monoisotopic (exact) mass is 208 g/mol. The average Bonchev–Trinajstić information content (AvgIpc) is 2.46. The van der Waals surface area contributed by atoms with Crippen LogP contribution in [0.5, 0.6) is 11.5 Å². The molecule has 74 valence electrons. The van der Waals surface area contributed by atoms with Crippen molar-refractivity contribution in [3.05, 3.63) is 23.1 Å². The summed E-state index contributed by atoms with van der Waals surface area (Å²) < 4.78 is 6.52. The van der Waals surface area contributed by atoms with Crippen LogP contribution in [0.3, 0.4) is 0 Å². The molecule has 0 saturated carbocycles. The van der Waals surface area contributed by atoms with Gasteiger partial charge in [-0.25, -0.2) is 0 Å². The Morgan fingerprint density at radius 3 is 2.93 bits per heavy atom. The number of rotatable bonds is 2. The lowest BCUT2D eigenvalue weighted by molar-refractivity contribution is 0.345. The molecule has 0 radical (unpaired) electrons. The van der Waals surface area contributed by atoms with E-state index < -0.39 is 0 Å². The van der Waals surface area contributed by atoms with E-state index in [4.69, 9.17) is 4.74 Å². The maximum absolute atomic E-state index is 9.75. The third kappa shape index (κ3) is 1.34. The van der Waals surface area contributed by atoms with Gasteiger partial charge in [0, 0.05) is 10.3 Å². The Hall–Kier alpha value is -1.22. The summed E-state index contributed by atoms with van der Waals surface area (Å²) in [7, 11) is 0. The van der Waals surface area contributed by atoms with Crippen LogP contribution in [-0.4, -0.2) is 11.7 Å². The van der Waals surface area contributed by atoms with Crippen LogP contribution in [0.25, 0.3) is 10.1 Å². The van der Waals surface area contributed by atoms with E-state index >= 15 is 0 Å². The largest absolute Gasteiger partial charge is 0.506 e. The van der Waals surface area contributed by atoms with Gasteiger partial charge in [0.25, 0.3) is 0 Å². The zero-order chi connectivity index (χ0) is 10.1. The molecule has 1 heterocycles. The van der Waals surface area contributed by atoms with Gasteiger partial charge in [-0.1, -0.05) is 6.07 Å². The van der Waals surface area contributed by atoms with Crippen molar-refractivity contribution in [3.63, 3.8) is 0 Å². The third-order valence-electron chi connectivity index (χ3n) is 2.12. The molecule has 2 aromatic rings. The maximum atomic E-state index is 9.75. The number of aromatic hydroxyl groups is 1. The van der Waals surface area contributed by atoms with Crippen molar-refractivity contribution in [3.8, 4) is 11.5 Å². The molecule has 2 rings (SSSR count). The highest BCUT2D eigenvalue weighted by Gasteiger charge is 2.10. The molecule has 0 unspecified atom stereocenters. The van der Waals surface area contributed by atoms with Crippen molar-refractivity contribution in [1.29, 1.82) is 0 Å². The van der Waals surface area contributed by atoms with E-state index in [1.807, 2.05) is 32.0 Å². The van der Waals surface area contributed by atoms with E-state index in [1.165, 1.54) is 0 Å². The molecule has 3 heteroatoms. The number of fused-ring (bicyclic) bond motifs is 1. The molecule has 0 aliphatic heterocycles. The minimum atomic E-state index is 0.381. The second kappa shape index (κ2) is 3.50. The molecule has 0 saturated heterocycles. The molecular formula is C11H12O2S. The van der Waals surface area contributed by atoms with Gasteiger partial charge in [-0.05, 0) is 26.0 Å². The SMILES string of the molecule is CCOc1cccc2c(O)c(C)sc12. The molecule has 0 spiro atoms. The molecule has 14 heavy (non-hydrogen) atoms. The predicted molar refractivity (Wildman–Crippen MR) is 59.4 cm³/mol. The standard InChI is InChI=1S/C11H12O2S/c1-3-13-9-6-4-5-8-10(12)7(2)14-11(8)9/h4-6,12H,3H2,1-2H3. The summed E-state index contributed by atoms with van der Waals surface area (Å²) in [5.41, 5.74) is 0. The Morgan fingerprint density at radius 1 is 1.43 bits per heavy atom. The highest BCUT2D eigenvalue weighted by Crippen LogP contribution is 2.40. The summed E-state index contributed by atoms with van der Waals surface area (Å²) in [6, 6.07) is 5.75. The molecule has 1 aromatic heterocycles. The van der Waals surface area contributed by atoms with Crippen molar-refractivity contribution in [2.24, 2.45) is 0 Å². The first-order valence-electron chi connectivity index (χ1n) is 4.58. The first-order valence-corrected chi connectivity index (χ1v) is 5.39. The second-order valence-corrected chi connectivity index (χ2v) is 4.30. The lowest BCUT2D eigenvalue weighted by Gasteiger charge is -2.02. The molecule has 0 amide bonds. The molecule has 0 atom stereocenters. The van der Waals surface area contributed by atoms with Crippen LogP contribution in [0.15, 0.2) is 18.2 Å². The van der Waals surface area contributed by atoms with Crippen LogP contribution in [-0.2, 0) is 0 Å². The van der Waals surface area contributed by atoms with Crippen molar-refractivity contribution < 1.29 is 9.84 Å². The molecule has 2 nitrogen and oxygen atoms in total. The topological polar surface area (TPSA) is 29.5 Å². The smallest absolute Gasteiger partial charge is 0.137 e. The van der Waals surface area contributed by atoms with Gasteiger partial charge in [0.15, 0.2) is 0 Å². The van der Waals surface area contributed by atoms with Crippen LogP contribution in [0.4, 0.5) is 0 Å². The summed E-state index contributed by atoms with van der Waals surface area (Å²) in [5.74, 6) is 1.24. The summed E-state index contributed by atoms with van der Waals surface area (Å²) in [4.78, 5) is 0.937. The summed E-state index contributed by atoms with van der Waals surface area (Å²) >= 11 is 1.57. The third-order valence-corrected chi connectivity index (χ3v) is 3.25. The zero-order valence-electron chi connectivity index (χ0n) is 8.20. The highest BCUT2D eigenvalue weighted by molar-refractivity contribution is 7.19. The summed E-state index contributed by atoms with van der Waals surface area (Å²) in [6.45, 7) is 4.52. The van der Waals surface area contributed by atoms with Gasteiger partial charge in [0.1, 0.15) is 11.5 Å². The van der Waals surface area contributed by atoms with Crippen LogP contribution in [0, 0.1) is 6.92 Å². The molecular weight excluding hydrogens is 196 g/mol. The number of aryl methyl sites for hydroxylation is 1. The average molecular weight is 208 g/mol. The van der Waals surface area contributed by atoms with Crippen molar-refractivity contribution >= 4 is 21.4 Å². The van der Waals surface area contributed by atoms with Gasteiger partial charge in [-0.3, -0.25) is 0 Å². The molecule has 0 aliphatic carbocycles. The van der Waals surface area contributed by atoms with Crippen molar-refractivity contribution in [2.75, 3.05) is 6.61 Å². The number of thiophene rings is 1. The fourth-order valence-corrected chi connectivity index (χ4v) is 2.48. The fourth-order valence-electron chi connectivity index (χ4n) is 1.47. The quantitative estimate of drug-likeness (QED) is 0.820. The molecule has 1 aromatic carbocycles. The van der Waals surface area contributed by atoms with E-state index in [9.17, 15) is 5.11 Å². The van der Waals surface area contributed by atoms with Gasteiger partial charge in [0.05, 0.1) is 11.3 Å².